The molecule has 1 aromatic rings. The van der Waals surface area contributed by atoms with Crippen LogP contribution in [0.2, 0.25) is 0 Å². The molecule has 0 bridgehead atoms. The number of aryl methyl sites for hydroxylation is 1. The number of amides is 1. The molecular weight excluding hydrogens is 254 g/mol. The molecule has 0 unspecified atom stereocenters. The van der Waals surface area contributed by atoms with E-state index < -0.39 is 21.7 Å². The van der Waals surface area contributed by atoms with Crippen molar-refractivity contribution in [2.24, 2.45) is 0 Å². The minimum Gasteiger partial charge on any atom is -0.464 e. The summed E-state index contributed by atoms with van der Waals surface area (Å²) in [5, 5.41) is 9.11. The van der Waals surface area contributed by atoms with Gasteiger partial charge in [0.2, 0.25) is 0 Å². The number of rotatable bonds is 2. The maximum Gasteiger partial charge on any atom is 0.421 e. The van der Waals surface area contributed by atoms with Crippen LogP contribution >= 0.6 is 0 Å². The van der Waals surface area contributed by atoms with Crippen molar-refractivity contribution in [2.45, 2.75) is 38.1 Å². The van der Waals surface area contributed by atoms with Gasteiger partial charge in [0.05, 0.1) is 10.4 Å². The monoisotopic (exact) mass is 271 g/mol. The average Bonchev–Trinajstić information content (AvgIpc) is 2.14. The third-order valence-corrected chi connectivity index (χ3v) is 4.39. The van der Waals surface area contributed by atoms with Gasteiger partial charge in [0.1, 0.15) is 0 Å². The normalized spacial score (nSPS) is 12.2. The second-order valence-corrected chi connectivity index (χ2v) is 6.82. The number of hydrogen-bond donors (Lipinski definition) is 1. The van der Waals surface area contributed by atoms with Gasteiger partial charge in [-0.05, 0) is 39.8 Å². The van der Waals surface area contributed by atoms with Crippen molar-refractivity contribution in [3.63, 3.8) is 0 Å². The van der Waals surface area contributed by atoms with Crippen LogP contribution in [0.3, 0.4) is 0 Å². The molecule has 18 heavy (non-hydrogen) atoms. The fraction of sp³-hybridized carbons (Fsp3) is 0.417. The quantitative estimate of drug-likeness (QED) is 0.896. The van der Waals surface area contributed by atoms with Crippen LogP contribution in [0.25, 0.3) is 0 Å². The van der Waals surface area contributed by atoms with Gasteiger partial charge in [0.15, 0.2) is 0 Å². The van der Waals surface area contributed by atoms with Gasteiger partial charge >= 0.3 is 6.09 Å². The second-order valence-electron chi connectivity index (χ2n) is 5.04. The van der Waals surface area contributed by atoms with Gasteiger partial charge < -0.3 is 5.11 Å². The number of carbonyl (C=O) groups is 1. The van der Waals surface area contributed by atoms with Crippen LogP contribution in [0, 0.1) is 6.92 Å². The molecule has 0 spiro atoms. The van der Waals surface area contributed by atoms with Crippen molar-refractivity contribution in [1.29, 1.82) is 0 Å². The van der Waals surface area contributed by atoms with Gasteiger partial charge in [0.25, 0.3) is 10.0 Å². The molecule has 1 N–H and O–H groups in total. The topological polar surface area (TPSA) is 74.7 Å². The van der Waals surface area contributed by atoms with Crippen LogP contribution in [-0.2, 0) is 10.0 Å². The Labute approximate surface area is 107 Å². The number of benzene rings is 1. The van der Waals surface area contributed by atoms with Crippen LogP contribution in [0.5, 0.6) is 0 Å². The van der Waals surface area contributed by atoms with Crippen LogP contribution in [-0.4, -0.2) is 29.5 Å². The van der Waals surface area contributed by atoms with E-state index in [2.05, 4.69) is 0 Å². The van der Waals surface area contributed by atoms with E-state index in [9.17, 15) is 13.2 Å². The summed E-state index contributed by atoms with van der Waals surface area (Å²) in [7, 11) is -4.04. The molecule has 0 saturated heterocycles. The van der Waals surface area contributed by atoms with E-state index in [1.54, 1.807) is 12.1 Å². The summed E-state index contributed by atoms with van der Waals surface area (Å²) >= 11 is 0. The summed E-state index contributed by atoms with van der Waals surface area (Å²) in [6, 6.07) is 6.09. The molecule has 0 aliphatic carbocycles. The number of sulfonamides is 1. The fourth-order valence-electron chi connectivity index (χ4n) is 1.57. The first-order chi connectivity index (χ1) is 8.06. The fourth-order valence-corrected chi connectivity index (χ4v) is 3.18. The smallest absolute Gasteiger partial charge is 0.421 e. The molecule has 0 atom stereocenters. The Bertz CT molecular complexity index is 540. The van der Waals surface area contributed by atoms with Crippen molar-refractivity contribution < 1.29 is 18.3 Å². The van der Waals surface area contributed by atoms with Gasteiger partial charge in [-0.15, -0.1) is 0 Å². The molecule has 0 heterocycles. The van der Waals surface area contributed by atoms with Crippen LogP contribution < -0.4 is 0 Å². The summed E-state index contributed by atoms with van der Waals surface area (Å²) < 4.78 is 25.0. The molecule has 0 aliphatic rings. The third kappa shape index (κ3) is 2.81. The highest BCUT2D eigenvalue weighted by Gasteiger charge is 2.38. The van der Waals surface area contributed by atoms with E-state index >= 15 is 0 Å². The summed E-state index contributed by atoms with van der Waals surface area (Å²) in [5.41, 5.74) is -0.123. The van der Waals surface area contributed by atoms with Gasteiger partial charge in [-0.3, -0.25) is 0 Å². The maximum atomic E-state index is 12.3. The Hall–Kier alpha value is -1.56. The van der Waals surface area contributed by atoms with Gasteiger partial charge in [-0.2, -0.15) is 4.31 Å². The molecule has 1 amide bonds. The molecular formula is C12H17NO4S. The lowest BCUT2D eigenvalue weighted by atomic mass is 10.1. The summed E-state index contributed by atoms with van der Waals surface area (Å²) in [4.78, 5) is 11.2. The number of carboxylic acid groups (broad SMARTS) is 1. The van der Waals surface area contributed by atoms with E-state index in [-0.39, 0.29) is 4.90 Å². The van der Waals surface area contributed by atoms with Crippen molar-refractivity contribution in [3.8, 4) is 0 Å². The second kappa shape index (κ2) is 4.61. The van der Waals surface area contributed by atoms with E-state index in [0.717, 1.165) is 5.56 Å². The summed E-state index contributed by atoms with van der Waals surface area (Å²) in [6.07, 6.45) is -1.48. The first kappa shape index (κ1) is 14.5. The van der Waals surface area contributed by atoms with Crippen LogP contribution in [0.4, 0.5) is 4.79 Å². The lowest BCUT2D eigenvalue weighted by Crippen LogP contribution is -2.48. The standard InChI is InChI=1S/C12H17NO4S/c1-9-5-7-10(8-6-9)18(16,17)13(11(14)15)12(2,3)4/h5-8H,1-4H3,(H,14,15). The molecule has 1 aromatic carbocycles. The highest BCUT2D eigenvalue weighted by Crippen LogP contribution is 2.24. The Balaban J connectivity index is 3.35. The zero-order valence-corrected chi connectivity index (χ0v) is 11.7. The first-order valence-corrected chi connectivity index (χ1v) is 6.86. The largest absolute Gasteiger partial charge is 0.464 e. The minimum atomic E-state index is -4.04. The van der Waals surface area contributed by atoms with Crippen molar-refractivity contribution in [3.05, 3.63) is 29.8 Å². The molecule has 0 fully saturated rings. The highest BCUT2D eigenvalue weighted by molar-refractivity contribution is 7.89. The first-order valence-electron chi connectivity index (χ1n) is 5.42. The van der Waals surface area contributed by atoms with Crippen molar-refractivity contribution in [2.75, 3.05) is 0 Å². The van der Waals surface area contributed by atoms with Crippen LogP contribution in [0.1, 0.15) is 26.3 Å². The summed E-state index contributed by atoms with van der Waals surface area (Å²) in [5.74, 6) is 0. The van der Waals surface area contributed by atoms with Gasteiger partial charge in [0, 0.05) is 0 Å². The molecule has 1 rings (SSSR count). The molecule has 0 aromatic heterocycles. The number of hydrogen-bond acceptors (Lipinski definition) is 3. The highest BCUT2D eigenvalue weighted by atomic mass is 32.2. The predicted molar refractivity (Wildman–Crippen MR) is 68.0 cm³/mol. The maximum absolute atomic E-state index is 12.3. The van der Waals surface area contributed by atoms with Gasteiger partial charge in [-0.1, -0.05) is 17.7 Å². The third-order valence-electron chi connectivity index (χ3n) is 2.34. The predicted octanol–water partition coefficient (Wildman–Crippen LogP) is 2.46. The van der Waals surface area contributed by atoms with Crippen molar-refractivity contribution >= 4 is 16.1 Å². The lowest BCUT2D eigenvalue weighted by Gasteiger charge is -2.31. The Morgan fingerprint density at radius 2 is 1.61 bits per heavy atom. The van der Waals surface area contributed by atoms with E-state index in [1.807, 2.05) is 6.92 Å². The molecule has 0 saturated carbocycles. The zero-order valence-electron chi connectivity index (χ0n) is 10.8. The number of nitrogens with zero attached hydrogens (tertiary/aromatic N) is 1. The van der Waals surface area contributed by atoms with E-state index in [0.29, 0.717) is 4.31 Å². The lowest BCUT2D eigenvalue weighted by molar-refractivity contribution is 0.146. The molecule has 6 heteroatoms. The molecule has 5 nitrogen and oxygen atoms in total. The zero-order chi connectivity index (χ0) is 14.1. The Morgan fingerprint density at radius 1 is 1.17 bits per heavy atom. The average molecular weight is 271 g/mol. The molecule has 0 aliphatic heterocycles. The van der Waals surface area contributed by atoms with Crippen LogP contribution in [0.15, 0.2) is 29.2 Å². The van der Waals surface area contributed by atoms with E-state index in [1.165, 1.54) is 32.9 Å². The summed E-state index contributed by atoms with van der Waals surface area (Å²) in [6.45, 7) is 6.43. The Morgan fingerprint density at radius 3 is 1.94 bits per heavy atom. The molecule has 0 radical (unpaired) electrons. The minimum absolute atomic E-state index is 0.0228. The van der Waals surface area contributed by atoms with Gasteiger partial charge in [-0.25, -0.2) is 13.2 Å². The Kier molecular flexibility index (Phi) is 3.71. The van der Waals surface area contributed by atoms with Crippen molar-refractivity contribution in [1.82, 2.24) is 4.31 Å². The SMILES string of the molecule is Cc1ccc(S(=O)(=O)N(C(=O)O)C(C)(C)C)cc1. The van der Waals surface area contributed by atoms with E-state index in [4.69, 9.17) is 5.11 Å². The molecule has 100 valence electrons.